The maximum absolute atomic E-state index is 5.97. The van der Waals surface area contributed by atoms with E-state index in [1.54, 1.807) is 7.11 Å². The molecule has 1 unspecified atom stereocenters. The first-order valence-electron chi connectivity index (χ1n) is 7.54. The van der Waals surface area contributed by atoms with E-state index < -0.39 is 0 Å². The molecule has 4 heteroatoms. The van der Waals surface area contributed by atoms with Gasteiger partial charge >= 0.3 is 0 Å². The zero-order chi connectivity index (χ0) is 14.7. The molecule has 1 aromatic heterocycles. The van der Waals surface area contributed by atoms with Crippen LogP contribution in [0.15, 0.2) is 30.3 Å². The summed E-state index contributed by atoms with van der Waals surface area (Å²) in [5, 5.41) is 5.72. The Morgan fingerprint density at radius 1 is 1.33 bits per heavy atom. The Morgan fingerprint density at radius 2 is 2.14 bits per heavy atom. The molecule has 1 atom stereocenters. The van der Waals surface area contributed by atoms with E-state index >= 15 is 0 Å². The number of ether oxygens (including phenoxy) is 2. The molecule has 0 amide bonds. The smallest absolute Gasteiger partial charge is 0.221 e. The Balaban J connectivity index is 1.86. The summed E-state index contributed by atoms with van der Waals surface area (Å²) in [7, 11) is 1.68. The minimum absolute atomic E-state index is 0.0162. The zero-order valence-corrected chi connectivity index (χ0v) is 12.6. The number of nitrogens with zero attached hydrogens (tertiary/aromatic N) is 1. The highest BCUT2D eigenvalue weighted by molar-refractivity contribution is 5.87. The minimum atomic E-state index is -0.0162. The molecule has 1 fully saturated rings. The molecule has 3 rings (SSSR count). The zero-order valence-electron chi connectivity index (χ0n) is 12.6. The molecule has 1 N–H and O–H groups in total. The van der Waals surface area contributed by atoms with E-state index in [4.69, 9.17) is 9.47 Å². The van der Waals surface area contributed by atoms with Crippen molar-refractivity contribution in [2.24, 2.45) is 0 Å². The lowest BCUT2D eigenvalue weighted by molar-refractivity contribution is 0.0900. The van der Waals surface area contributed by atoms with Crippen LogP contribution in [-0.4, -0.2) is 30.8 Å². The largest absolute Gasteiger partial charge is 0.472 e. The molecule has 1 saturated carbocycles. The van der Waals surface area contributed by atoms with Crippen molar-refractivity contribution in [1.82, 2.24) is 10.3 Å². The summed E-state index contributed by atoms with van der Waals surface area (Å²) >= 11 is 0. The van der Waals surface area contributed by atoms with Crippen LogP contribution in [0.25, 0.3) is 10.8 Å². The van der Waals surface area contributed by atoms with Crippen LogP contribution in [0.2, 0.25) is 0 Å². The normalized spacial score (nSPS) is 16.1. The van der Waals surface area contributed by atoms with Gasteiger partial charge in [-0.05, 0) is 37.3 Å². The van der Waals surface area contributed by atoms with Crippen LogP contribution < -0.4 is 10.1 Å². The van der Waals surface area contributed by atoms with Gasteiger partial charge < -0.3 is 14.8 Å². The summed E-state index contributed by atoms with van der Waals surface area (Å²) in [6, 6.07) is 11.0. The number of hydrogen-bond donors (Lipinski definition) is 1. The van der Waals surface area contributed by atoms with Crippen LogP contribution in [0.4, 0.5) is 0 Å². The molecule has 1 aromatic carbocycles. The quantitative estimate of drug-likeness (QED) is 0.850. The van der Waals surface area contributed by atoms with E-state index in [0.29, 0.717) is 18.5 Å². The van der Waals surface area contributed by atoms with Crippen molar-refractivity contribution in [2.75, 3.05) is 13.7 Å². The van der Waals surface area contributed by atoms with Crippen molar-refractivity contribution >= 4 is 10.8 Å². The lowest BCUT2D eigenvalue weighted by atomic mass is 10.1. The molecule has 2 aromatic rings. The summed E-state index contributed by atoms with van der Waals surface area (Å²) in [5.74, 6) is 0.699. The molecular weight excluding hydrogens is 264 g/mol. The lowest BCUT2D eigenvalue weighted by Crippen LogP contribution is -2.20. The van der Waals surface area contributed by atoms with E-state index in [0.717, 1.165) is 17.6 Å². The van der Waals surface area contributed by atoms with Crippen molar-refractivity contribution in [3.8, 4) is 5.88 Å². The first-order chi connectivity index (χ1) is 10.3. The van der Waals surface area contributed by atoms with Crippen LogP contribution in [0, 0.1) is 0 Å². The molecular formula is C17H22N2O2. The second-order valence-electron chi connectivity index (χ2n) is 5.68. The average Bonchev–Trinajstić information content (AvgIpc) is 3.29. The van der Waals surface area contributed by atoms with E-state index in [2.05, 4.69) is 28.5 Å². The number of hydrogen-bond acceptors (Lipinski definition) is 4. The van der Waals surface area contributed by atoms with Gasteiger partial charge in [-0.3, -0.25) is 0 Å². The second-order valence-corrected chi connectivity index (χ2v) is 5.68. The van der Waals surface area contributed by atoms with E-state index in [9.17, 15) is 0 Å². The van der Waals surface area contributed by atoms with E-state index in [1.807, 2.05) is 19.1 Å². The molecule has 0 spiro atoms. The first-order valence-corrected chi connectivity index (χ1v) is 7.54. The van der Waals surface area contributed by atoms with Crippen LogP contribution in [-0.2, 0) is 11.3 Å². The van der Waals surface area contributed by atoms with Gasteiger partial charge in [0.2, 0.25) is 5.88 Å². The molecule has 112 valence electrons. The number of rotatable bonds is 7. The highest BCUT2D eigenvalue weighted by Crippen LogP contribution is 2.26. The Labute approximate surface area is 125 Å². The Bertz CT molecular complexity index is 611. The Morgan fingerprint density at radius 3 is 2.90 bits per heavy atom. The molecule has 1 aliphatic carbocycles. The second kappa shape index (κ2) is 6.41. The van der Waals surface area contributed by atoms with Gasteiger partial charge in [-0.2, -0.15) is 0 Å². The Hall–Kier alpha value is -1.65. The average molecular weight is 286 g/mol. The predicted molar refractivity (Wildman–Crippen MR) is 83.6 cm³/mol. The SMILES string of the molecule is COCC(C)Oc1nc(CNC2CC2)cc2ccccc12. The van der Waals surface area contributed by atoms with Crippen molar-refractivity contribution in [3.05, 3.63) is 36.0 Å². The van der Waals surface area contributed by atoms with Gasteiger partial charge in [0.1, 0.15) is 6.10 Å². The highest BCUT2D eigenvalue weighted by atomic mass is 16.5. The minimum Gasteiger partial charge on any atom is -0.472 e. The van der Waals surface area contributed by atoms with Gasteiger partial charge in [-0.1, -0.05) is 18.2 Å². The number of pyridine rings is 1. The summed E-state index contributed by atoms with van der Waals surface area (Å²) in [6.45, 7) is 3.35. The fourth-order valence-corrected chi connectivity index (χ4v) is 2.40. The fraction of sp³-hybridized carbons (Fsp3) is 0.471. The molecule has 1 heterocycles. The monoisotopic (exact) mass is 286 g/mol. The van der Waals surface area contributed by atoms with Crippen LogP contribution in [0.5, 0.6) is 5.88 Å². The van der Waals surface area contributed by atoms with E-state index in [-0.39, 0.29) is 6.10 Å². The van der Waals surface area contributed by atoms with Gasteiger partial charge in [0, 0.05) is 25.1 Å². The third-order valence-electron chi connectivity index (χ3n) is 3.62. The third kappa shape index (κ3) is 3.71. The summed E-state index contributed by atoms with van der Waals surface area (Å²) in [5.41, 5.74) is 1.03. The summed E-state index contributed by atoms with van der Waals surface area (Å²) < 4.78 is 11.1. The Kier molecular flexibility index (Phi) is 4.36. The van der Waals surface area contributed by atoms with Gasteiger partial charge in [-0.25, -0.2) is 4.98 Å². The van der Waals surface area contributed by atoms with Crippen molar-refractivity contribution < 1.29 is 9.47 Å². The number of fused-ring (bicyclic) bond motifs is 1. The van der Waals surface area contributed by atoms with Gasteiger partial charge in [0.05, 0.1) is 12.3 Å². The standard InChI is InChI=1S/C17H22N2O2/c1-12(11-20-2)21-17-16-6-4-3-5-13(16)9-15(19-17)10-18-14-7-8-14/h3-6,9,12,14,18H,7-8,10-11H2,1-2H3. The number of methoxy groups -OCH3 is 1. The van der Waals surface area contributed by atoms with Gasteiger partial charge in [0.25, 0.3) is 0 Å². The first kappa shape index (κ1) is 14.3. The maximum Gasteiger partial charge on any atom is 0.221 e. The third-order valence-corrected chi connectivity index (χ3v) is 3.62. The maximum atomic E-state index is 5.97. The molecule has 0 saturated heterocycles. The van der Waals surface area contributed by atoms with Crippen molar-refractivity contribution in [2.45, 2.75) is 38.5 Å². The highest BCUT2D eigenvalue weighted by Gasteiger charge is 2.20. The van der Waals surface area contributed by atoms with Crippen LogP contribution in [0.1, 0.15) is 25.5 Å². The van der Waals surface area contributed by atoms with Crippen molar-refractivity contribution in [1.29, 1.82) is 0 Å². The summed E-state index contributed by atoms with van der Waals surface area (Å²) in [4.78, 5) is 4.68. The summed E-state index contributed by atoms with van der Waals surface area (Å²) in [6.07, 6.45) is 2.54. The lowest BCUT2D eigenvalue weighted by Gasteiger charge is -2.16. The van der Waals surface area contributed by atoms with Crippen LogP contribution >= 0.6 is 0 Å². The van der Waals surface area contributed by atoms with Crippen molar-refractivity contribution in [3.63, 3.8) is 0 Å². The molecule has 0 aliphatic heterocycles. The molecule has 0 bridgehead atoms. The topological polar surface area (TPSA) is 43.4 Å². The number of nitrogens with one attached hydrogen (secondary N) is 1. The number of aromatic nitrogens is 1. The van der Waals surface area contributed by atoms with Gasteiger partial charge in [0.15, 0.2) is 0 Å². The predicted octanol–water partition coefficient (Wildman–Crippen LogP) is 2.90. The fourth-order valence-electron chi connectivity index (χ4n) is 2.40. The molecule has 21 heavy (non-hydrogen) atoms. The molecule has 1 aliphatic rings. The van der Waals surface area contributed by atoms with E-state index in [1.165, 1.54) is 18.2 Å². The number of benzene rings is 1. The van der Waals surface area contributed by atoms with Gasteiger partial charge in [-0.15, -0.1) is 0 Å². The van der Waals surface area contributed by atoms with Crippen LogP contribution in [0.3, 0.4) is 0 Å². The molecule has 4 nitrogen and oxygen atoms in total. The molecule has 0 radical (unpaired) electrons.